The Balaban J connectivity index is 1.19. The van der Waals surface area contributed by atoms with E-state index in [0.717, 1.165) is 11.1 Å². The molecule has 14 nitrogen and oxygen atoms in total. The quantitative estimate of drug-likeness (QED) is 0.0524. The van der Waals surface area contributed by atoms with Crippen LogP contribution in [0.25, 0.3) is 10.4 Å². The van der Waals surface area contributed by atoms with E-state index in [1.165, 1.54) is 0 Å². The van der Waals surface area contributed by atoms with Crippen LogP contribution >= 0.6 is 34.8 Å². The highest BCUT2D eigenvalue weighted by Crippen LogP contribution is 2.43. The highest BCUT2D eigenvalue weighted by Gasteiger charge is 2.58. The highest BCUT2D eigenvalue weighted by atomic mass is 35.6. The van der Waals surface area contributed by atoms with Crippen LogP contribution in [-0.4, -0.2) is 96.3 Å². The summed E-state index contributed by atoms with van der Waals surface area (Å²) in [5.41, 5.74) is 11.6. The normalized spacial score (nSPS) is 36.9. The molecule has 0 aromatic heterocycles. The van der Waals surface area contributed by atoms with Gasteiger partial charge in [-0.25, -0.2) is 0 Å². The van der Waals surface area contributed by atoms with Crippen molar-refractivity contribution >= 4 is 40.7 Å². The summed E-state index contributed by atoms with van der Waals surface area (Å²) in [7, 11) is 0. The molecule has 4 saturated heterocycles. The summed E-state index contributed by atoms with van der Waals surface area (Å²) in [5, 5.41) is 12.5. The number of hydrogen-bond donors (Lipinski definition) is 1. The molecule has 1 N–H and O–H groups in total. The van der Waals surface area contributed by atoms with Crippen molar-refractivity contribution < 1.29 is 47.4 Å². The van der Waals surface area contributed by atoms with Crippen molar-refractivity contribution in [3.8, 4) is 0 Å². The molecule has 308 valence electrons. The van der Waals surface area contributed by atoms with Crippen LogP contribution in [0.4, 0.5) is 0 Å². The Morgan fingerprint density at radius 2 is 1.46 bits per heavy atom. The van der Waals surface area contributed by atoms with Gasteiger partial charge >= 0.3 is 0 Å². The number of ether oxygens (including phenoxy) is 10. The van der Waals surface area contributed by atoms with Gasteiger partial charge < -0.3 is 47.4 Å². The van der Waals surface area contributed by atoms with Crippen molar-refractivity contribution in [3.05, 3.63) is 82.2 Å². The number of nitrogens with one attached hydrogen (secondary N) is 1. The SMILES string of the molecule is CC1C(OCc2ccccc2)[C@H](C)CO[C@H]1O[C@H]1C(C)O[C@@H](OC2C(C)[C@@H](N=[N+]=[N-])C(COCc3ccccc3)O[C@@H]2OC(=N)C(Cl)(Cl)Cl)C2OC(C)(C)OC21. The summed E-state index contributed by atoms with van der Waals surface area (Å²) in [6, 6.07) is 18.9. The topological polar surface area (TPSA) is 165 Å². The molecule has 56 heavy (non-hydrogen) atoms. The van der Waals surface area contributed by atoms with E-state index in [9.17, 15) is 5.53 Å². The van der Waals surface area contributed by atoms with Gasteiger partial charge in [0.05, 0.1) is 50.8 Å². The first-order valence-electron chi connectivity index (χ1n) is 18.9. The van der Waals surface area contributed by atoms with Gasteiger partial charge in [0.15, 0.2) is 18.4 Å². The monoisotopic (exact) mass is 840 g/mol. The van der Waals surface area contributed by atoms with Gasteiger partial charge in [0.1, 0.15) is 24.4 Å². The van der Waals surface area contributed by atoms with E-state index >= 15 is 0 Å². The van der Waals surface area contributed by atoms with Crippen LogP contribution in [0.1, 0.15) is 52.7 Å². The molecule has 0 saturated carbocycles. The molecule has 4 aliphatic heterocycles. The van der Waals surface area contributed by atoms with Crippen LogP contribution in [0.5, 0.6) is 0 Å². The van der Waals surface area contributed by atoms with Gasteiger partial charge in [0, 0.05) is 16.7 Å². The Morgan fingerprint density at radius 1 is 0.839 bits per heavy atom. The Hall–Kier alpha value is -2.27. The van der Waals surface area contributed by atoms with Crippen molar-refractivity contribution in [2.45, 2.75) is 132 Å². The number of rotatable bonds is 13. The van der Waals surface area contributed by atoms with Crippen molar-refractivity contribution in [3.63, 3.8) is 0 Å². The molecule has 4 heterocycles. The van der Waals surface area contributed by atoms with E-state index in [0.29, 0.717) is 13.2 Å². The zero-order valence-electron chi connectivity index (χ0n) is 32.2. The van der Waals surface area contributed by atoms with E-state index < -0.39 is 82.9 Å². The lowest BCUT2D eigenvalue weighted by Crippen LogP contribution is -2.62. The molecule has 14 atom stereocenters. The van der Waals surface area contributed by atoms with E-state index in [2.05, 4.69) is 23.9 Å². The molecule has 2 aromatic carbocycles. The predicted octanol–water partition coefficient (Wildman–Crippen LogP) is 7.86. The van der Waals surface area contributed by atoms with Crippen LogP contribution in [0.3, 0.4) is 0 Å². The molecule has 0 amide bonds. The Labute approximate surface area is 342 Å². The van der Waals surface area contributed by atoms with Crippen molar-refractivity contribution in [1.29, 1.82) is 5.41 Å². The van der Waals surface area contributed by atoms with Crippen LogP contribution in [-0.2, 0) is 60.6 Å². The summed E-state index contributed by atoms with van der Waals surface area (Å²) in [6.07, 6.45) is -7.56. The average Bonchev–Trinajstić information content (AvgIpc) is 3.49. The number of benzene rings is 2. The van der Waals surface area contributed by atoms with Crippen LogP contribution in [0.15, 0.2) is 65.8 Å². The zero-order chi connectivity index (χ0) is 40.2. The molecule has 0 spiro atoms. The maximum absolute atomic E-state index is 9.60. The summed E-state index contributed by atoms with van der Waals surface area (Å²) >= 11 is 18.1. The molecule has 0 radical (unpaired) electrons. The average molecular weight is 842 g/mol. The Kier molecular flexibility index (Phi) is 14.5. The number of nitrogens with zero attached hydrogens (tertiary/aromatic N) is 3. The van der Waals surface area contributed by atoms with Crippen LogP contribution in [0.2, 0.25) is 0 Å². The number of hydrogen-bond acceptors (Lipinski definition) is 12. The molecule has 6 rings (SSSR count). The van der Waals surface area contributed by atoms with Gasteiger partial charge in [-0.2, -0.15) is 0 Å². The van der Waals surface area contributed by atoms with E-state index in [1.54, 1.807) is 13.8 Å². The zero-order valence-corrected chi connectivity index (χ0v) is 34.5. The number of alkyl halides is 3. The molecule has 4 fully saturated rings. The summed E-state index contributed by atoms with van der Waals surface area (Å²) < 4.78 is 61.5. The second kappa shape index (κ2) is 18.8. The van der Waals surface area contributed by atoms with Gasteiger partial charge in [0.25, 0.3) is 3.79 Å². The fraction of sp³-hybridized carbons (Fsp3) is 0.667. The van der Waals surface area contributed by atoms with Gasteiger partial charge in [-0.1, -0.05) is 121 Å². The predicted molar refractivity (Wildman–Crippen MR) is 207 cm³/mol. The molecule has 0 aliphatic carbocycles. The van der Waals surface area contributed by atoms with Crippen molar-refractivity contribution in [2.75, 3.05) is 13.2 Å². The third-order valence-corrected chi connectivity index (χ3v) is 11.1. The minimum Gasteiger partial charge on any atom is -0.445 e. The lowest BCUT2D eigenvalue weighted by atomic mass is 9.88. The van der Waals surface area contributed by atoms with Crippen LogP contribution in [0, 0.1) is 23.2 Å². The molecule has 4 aliphatic rings. The van der Waals surface area contributed by atoms with Gasteiger partial charge in [-0.05, 0) is 43.3 Å². The molecule has 8 unspecified atom stereocenters. The van der Waals surface area contributed by atoms with Crippen molar-refractivity contribution in [2.24, 2.45) is 22.9 Å². The fourth-order valence-electron chi connectivity index (χ4n) is 7.76. The smallest absolute Gasteiger partial charge is 0.265 e. The van der Waals surface area contributed by atoms with E-state index in [-0.39, 0.29) is 31.2 Å². The molecule has 0 bridgehead atoms. The molecule has 2 aromatic rings. The van der Waals surface area contributed by atoms with E-state index in [1.807, 2.05) is 74.5 Å². The maximum atomic E-state index is 9.60. The molecule has 17 heteroatoms. The number of azide groups is 1. The van der Waals surface area contributed by atoms with Gasteiger partial charge in [-0.15, -0.1) is 0 Å². The number of halogens is 3. The summed E-state index contributed by atoms with van der Waals surface area (Å²) in [4.78, 5) is 3.10. The second-order valence-electron chi connectivity index (χ2n) is 15.3. The summed E-state index contributed by atoms with van der Waals surface area (Å²) in [6.45, 7) is 12.7. The first-order valence-corrected chi connectivity index (χ1v) is 20.0. The largest absolute Gasteiger partial charge is 0.445 e. The summed E-state index contributed by atoms with van der Waals surface area (Å²) in [5.74, 6) is -2.27. The lowest BCUT2D eigenvalue weighted by Gasteiger charge is -2.48. The third kappa shape index (κ3) is 10.5. The van der Waals surface area contributed by atoms with E-state index in [4.69, 9.17) is 87.6 Å². The fourth-order valence-corrected chi connectivity index (χ4v) is 7.89. The Morgan fingerprint density at radius 3 is 2.11 bits per heavy atom. The number of fused-ring (bicyclic) bond motifs is 1. The Bertz CT molecular complexity index is 1640. The molecular weight excluding hydrogens is 791 g/mol. The first-order chi connectivity index (χ1) is 26.6. The first kappa shape index (κ1) is 43.3. The maximum Gasteiger partial charge on any atom is 0.265 e. The third-order valence-electron chi connectivity index (χ3n) is 10.6. The lowest BCUT2D eigenvalue weighted by molar-refractivity contribution is -0.348. The highest BCUT2D eigenvalue weighted by molar-refractivity contribution is 6.76. The van der Waals surface area contributed by atoms with Crippen LogP contribution < -0.4 is 0 Å². The van der Waals surface area contributed by atoms with Gasteiger partial charge in [-0.3, -0.25) is 5.41 Å². The minimum absolute atomic E-state index is 0.0288. The van der Waals surface area contributed by atoms with Crippen molar-refractivity contribution in [1.82, 2.24) is 0 Å². The standard InChI is InChI=1S/C39H51Cl3N4O10/c1-21-17-49-34(23(3)29(21)48-19-26-15-11-8-12-16-26)53-31-24(4)50-36(33-32(31)55-38(5,6)56-33)52-30-22(2)28(45-46-44)27(20-47-18-25-13-9-7-10-14-25)51-35(30)54-37(43)39(40,41)42/h7-16,21-24,27-36,43H,17-20H2,1-6H3/t21-,22?,23?,24?,27?,28-,29?,30?,31+,32?,33?,34+,35-,36+/m1/s1. The minimum atomic E-state index is -2.20. The van der Waals surface area contributed by atoms with Gasteiger partial charge in [0.2, 0.25) is 12.2 Å². The second-order valence-corrected chi connectivity index (χ2v) is 17.6. The molecular formula is C39H51Cl3N4O10.